The lowest BCUT2D eigenvalue weighted by atomic mass is 10.1. The maximum atomic E-state index is 12.4. The van der Waals surface area contributed by atoms with Gasteiger partial charge < -0.3 is 24.3 Å². The molecule has 0 saturated carbocycles. The summed E-state index contributed by atoms with van der Waals surface area (Å²) in [6.45, 7) is 2.23. The summed E-state index contributed by atoms with van der Waals surface area (Å²) in [7, 11) is 10.1. The van der Waals surface area contributed by atoms with Gasteiger partial charge in [-0.25, -0.2) is 9.13 Å². The highest BCUT2D eigenvalue weighted by atomic mass is 33.1. The molecule has 0 aliphatic rings. The van der Waals surface area contributed by atoms with Gasteiger partial charge in [0, 0.05) is 85.5 Å². The Bertz CT molecular complexity index is 1680. The van der Waals surface area contributed by atoms with Crippen molar-refractivity contribution >= 4 is 57.6 Å². The van der Waals surface area contributed by atoms with Crippen molar-refractivity contribution in [3.8, 4) is 23.0 Å². The zero-order chi connectivity index (χ0) is 38.4. The van der Waals surface area contributed by atoms with E-state index in [0.29, 0.717) is 54.6 Å². The first kappa shape index (κ1) is 42.0. The van der Waals surface area contributed by atoms with Gasteiger partial charge in [-0.3, -0.25) is 9.59 Å². The summed E-state index contributed by atoms with van der Waals surface area (Å²) in [6, 6.07) is 19.9. The van der Waals surface area contributed by atoms with Gasteiger partial charge in [0.25, 0.3) is 0 Å². The van der Waals surface area contributed by atoms with Crippen molar-refractivity contribution in [2.24, 2.45) is 0 Å². The number of ketones is 1. The molecule has 0 saturated heterocycles. The fourth-order valence-electron chi connectivity index (χ4n) is 5.69. The van der Waals surface area contributed by atoms with Crippen molar-refractivity contribution in [2.75, 3.05) is 46.5 Å². The number of methoxy groups -OCH3 is 4. The van der Waals surface area contributed by atoms with Crippen LogP contribution in [0.25, 0.3) is 24.3 Å². The van der Waals surface area contributed by atoms with Crippen LogP contribution in [-0.2, 0) is 22.7 Å². The van der Waals surface area contributed by atoms with Crippen molar-refractivity contribution in [3.05, 3.63) is 108 Å². The van der Waals surface area contributed by atoms with E-state index in [9.17, 15) is 9.59 Å². The molecule has 0 unspecified atom stereocenters. The van der Waals surface area contributed by atoms with E-state index < -0.39 is 0 Å². The Hall–Kier alpha value is -4.74. The first-order valence-corrected chi connectivity index (χ1v) is 20.7. The fraction of sp³-hybridized carbons (Fsp3) is 0.349. The summed E-state index contributed by atoms with van der Waals surface area (Å²) >= 11 is 0. The van der Waals surface area contributed by atoms with Crippen molar-refractivity contribution in [1.82, 2.24) is 5.32 Å². The van der Waals surface area contributed by atoms with E-state index in [1.807, 2.05) is 85.5 Å². The third-order valence-corrected chi connectivity index (χ3v) is 11.1. The summed E-state index contributed by atoms with van der Waals surface area (Å²) in [5, 5.41) is 3.02. The summed E-state index contributed by atoms with van der Waals surface area (Å²) in [6.07, 6.45) is 20.4. The van der Waals surface area contributed by atoms with Gasteiger partial charge in [-0.15, -0.1) is 0 Å². The van der Waals surface area contributed by atoms with Crippen LogP contribution in [0.5, 0.6) is 23.0 Å². The highest BCUT2D eigenvalue weighted by Gasteiger charge is 2.10. The molecule has 2 heterocycles. The zero-order valence-electron chi connectivity index (χ0n) is 31.8. The molecule has 0 radical (unpaired) electrons. The predicted octanol–water partition coefficient (Wildman–Crippen LogP) is 7.74. The molecule has 2 aromatic carbocycles. The van der Waals surface area contributed by atoms with E-state index in [2.05, 4.69) is 38.7 Å². The number of aromatic nitrogens is 2. The Kier molecular flexibility index (Phi) is 18.5. The van der Waals surface area contributed by atoms with Crippen LogP contribution in [0.1, 0.15) is 60.8 Å². The SMILES string of the molecule is COc1cccc(/C=C/c2cc[n+](CCCC(=O)CCCSSCCNC(=O)CCC[n+]3ccc(/C=C/c4cccc(OC)c4OC)cc3)cc2)c1OC. The van der Waals surface area contributed by atoms with Gasteiger partial charge in [0.05, 0.1) is 28.4 Å². The highest BCUT2D eigenvalue weighted by Crippen LogP contribution is 2.33. The lowest BCUT2D eigenvalue weighted by Gasteiger charge is -2.09. The number of carbonyl (C=O) groups is 2. The first-order chi connectivity index (χ1) is 26.4. The molecule has 9 nitrogen and oxygen atoms in total. The van der Waals surface area contributed by atoms with Crippen molar-refractivity contribution in [1.29, 1.82) is 0 Å². The molecule has 11 heteroatoms. The molecule has 1 N–H and O–H groups in total. The number of amides is 1. The Labute approximate surface area is 328 Å². The topological polar surface area (TPSA) is 90.9 Å². The molecule has 0 bridgehead atoms. The second-order valence-corrected chi connectivity index (χ2v) is 15.1. The average Bonchev–Trinajstić information content (AvgIpc) is 3.20. The third kappa shape index (κ3) is 14.2. The number of benzene rings is 2. The number of para-hydroxylation sites is 2. The van der Waals surface area contributed by atoms with Gasteiger partial charge in [0.2, 0.25) is 5.91 Å². The van der Waals surface area contributed by atoms with Crippen LogP contribution >= 0.6 is 21.6 Å². The summed E-state index contributed by atoms with van der Waals surface area (Å²) in [4.78, 5) is 24.7. The summed E-state index contributed by atoms with van der Waals surface area (Å²) < 4.78 is 26.0. The van der Waals surface area contributed by atoms with Crippen molar-refractivity contribution in [3.63, 3.8) is 0 Å². The zero-order valence-corrected chi connectivity index (χ0v) is 33.5. The second-order valence-electron chi connectivity index (χ2n) is 12.4. The number of hydrogen-bond acceptors (Lipinski definition) is 8. The molecule has 1 amide bonds. The lowest BCUT2D eigenvalue weighted by Crippen LogP contribution is -2.34. The first-order valence-electron chi connectivity index (χ1n) is 18.2. The van der Waals surface area contributed by atoms with Gasteiger partial charge in [-0.05, 0) is 29.7 Å². The second kappa shape index (κ2) is 23.8. The van der Waals surface area contributed by atoms with E-state index in [1.54, 1.807) is 50.0 Å². The normalized spacial score (nSPS) is 11.2. The van der Waals surface area contributed by atoms with Crippen molar-refractivity contribution < 1.29 is 37.7 Å². The minimum Gasteiger partial charge on any atom is -0.493 e. The molecule has 54 heavy (non-hydrogen) atoms. The number of hydrogen-bond donors (Lipinski definition) is 1. The number of rotatable bonds is 24. The molecule has 4 rings (SSSR count). The Morgan fingerprint density at radius 3 is 1.57 bits per heavy atom. The van der Waals surface area contributed by atoms with E-state index in [0.717, 1.165) is 66.1 Å². The van der Waals surface area contributed by atoms with Crippen LogP contribution in [0.15, 0.2) is 85.5 Å². The number of aryl methyl sites for hydroxylation is 2. The quantitative estimate of drug-likeness (QED) is 0.0440. The molecular weight excluding hydrogens is 719 g/mol. The smallest absolute Gasteiger partial charge is 0.220 e. The van der Waals surface area contributed by atoms with E-state index in [1.165, 1.54) is 0 Å². The average molecular weight is 772 g/mol. The van der Waals surface area contributed by atoms with Crippen LogP contribution in [0.4, 0.5) is 0 Å². The van der Waals surface area contributed by atoms with Crippen molar-refractivity contribution in [2.45, 2.75) is 51.6 Å². The van der Waals surface area contributed by atoms with Crippen LogP contribution in [0.3, 0.4) is 0 Å². The summed E-state index contributed by atoms with van der Waals surface area (Å²) in [5.41, 5.74) is 4.05. The number of carbonyl (C=O) groups excluding carboxylic acids is 2. The standard InChI is InChI=1S/C43H52N3O6S2/c1-49-39-14-5-10-36(42(39)51-3)19-17-34-21-28-45(29-22-34)26-7-12-38(47)13-9-32-53-54-33-25-44-41(48)16-8-27-46-30-23-35(24-31-46)18-20-37-11-6-15-40(50-2)43(37)52-4/h5-6,10-11,14-15,17-24,28-31H,7-9,12-13,16,25-27,32-33H2,1-4H3/q+1/p+1/b19-17+,20-18+. The molecule has 0 aliphatic carbocycles. The van der Waals surface area contributed by atoms with Crippen LogP contribution in [0, 0.1) is 0 Å². The molecule has 2 aromatic heterocycles. The Morgan fingerprint density at radius 2 is 1.07 bits per heavy atom. The van der Waals surface area contributed by atoms with Gasteiger partial charge in [0.1, 0.15) is 18.9 Å². The van der Waals surface area contributed by atoms with Gasteiger partial charge in [-0.1, -0.05) is 70.2 Å². The van der Waals surface area contributed by atoms with Crippen LogP contribution < -0.4 is 33.4 Å². The number of nitrogens with zero attached hydrogens (tertiary/aromatic N) is 2. The molecule has 0 fully saturated rings. The Balaban J connectivity index is 0.994. The van der Waals surface area contributed by atoms with E-state index in [4.69, 9.17) is 18.9 Å². The minimum absolute atomic E-state index is 0.0787. The fourth-order valence-corrected chi connectivity index (χ4v) is 7.68. The Morgan fingerprint density at radius 1 is 0.593 bits per heavy atom. The van der Waals surface area contributed by atoms with E-state index in [-0.39, 0.29) is 5.91 Å². The molecule has 0 spiro atoms. The maximum absolute atomic E-state index is 12.4. The predicted molar refractivity (Wildman–Crippen MR) is 221 cm³/mol. The largest absolute Gasteiger partial charge is 0.493 e. The van der Waals surface area contributed by atoms with Crippen LogP contribution in [-0.4, -0.2) is 58.2 Å². The molecule has 0 aliphatic heterocycles. The maximum Gasteiger partial charge on any atom is 0.220 e. The molecule has 4 aromatic rings. The monoisotopic (exact) mass is 771 g/mol. The van der Waals surface area contributed by atoms with Crippen LogP contribution in [0.2, 0.25) is 0 Å². The minimum atomic E-state index is 0.0787. The number of pyridine rings is 2. The highest BCUT2D eigenvalue weighted by molar-refractivity contribution is 8.76. The number of ether oxygens (including phenoxy) is 4. The molecule has 286 valence electrons. The summed E-state index contributed by atoms with van der Waals surface area (Å²) in [5.74, 6) is 4.99. The lowest BCUT2D eigenvalue weighted by molar-refractivity contribution is -0.697. The van der Waals surface area contributed by atoms with Gasteiger partial charge >= 0.3 is 0 Å². The molecular formula is C43H53N3O6S2+2. The van der Waals surface area contributed by atoms with Gasteiger partial charge in [-0.2, -0.15) is 0 Å². The van der Waals surface area contributed by atoms with Gasteiger partial charge in [0.15, 0.2) is 47.8 Å². The third-order valence-electron chi connectivity index (χ3n) is 8.58. The molecule has 0 atom stereocenters. The number of Topliss-reactive ketones (excluding diaryl/α,β-unsaturated/α-hetero) is 1. The number of nitrogens with one attached hydrogen (secondary N) is 1. The van der Waals surface area contributed by atoms with E-state index >= 15 is 0 Å².